The summed E-state index contributed by atoms with van der Waals surface area (Å²) < 4.78 is 13.2. The third kappa shape index (κ3) is 5.70. The second kappa shape index (κ2) is 12.6. The zero-order chi connectivity index (χ0) is 33.3. The van der Waals surface area contributed by atoms with Crippen molar-refractivity contribution in [2.45, 2.75) is 6.92 Å². The van der Waals surface area contributed by atoms with E-state index < -0.39 is 0 Å². The number of para-hydroxylation sites is 1. The largest absolute Gasteiger partial charge is 0.497 e. The maximum absolute atomic E-state index is 13.1. The van der Waals surface area contributed by atoms with Gasteiger partial charge >= 0.3 is 5.63 Å². The summed E-state index contributed by atoms with van der Waals surface area (Å²) in [6.45, 7) is 1.97. The van der Waals surface area contributed by atoms with E-state index in [1.807, 2.05) is 127 Å². The molecule has 236 valence electrons. The third-order valence-corrected chi connectivity index (χ3v) is 8.83. The Morgan fingerprint density at radius 1 is 0.633 bits per heavy atom. The van der Waals surface area contributed by atoms with E-state index in [9.17, 15) is 4.79 Å². The van der Waals surface area contributed by atoms with E-state index in [-0.39, 0.29) is 5.63 Å². The van der Waals surface area contributed by atoms with Crippen LogP contribution >= 0.6 is 0 Å². The number of hydrogen-bond acceptors (Lipinski definition) is 5. The lowest BCUT2D eigenvalue weighted by Crippen LogP contribution is -2.06. The molecular formula is C43H31N3O3. The van der Waals surface area contributed by atoms with Gasteiger partial charge in [-0.3, -0.25) is 0 Å². The molecule has 8 aromatic rings. The van der Waals surface area contributed by atoms with Crippen LogP contribution in [0.3, 0.4) is 0 Å². The van der Waals surface area contributed by atoms with Crippen molar-refractivity contribution in [1.29, 1.82) is 0 Å². The van der Waals surface area contributed by atoms with Gasteiger partial charge in [0.05, 0.1) is 29.7 Å². The zero-order valence-corrected chi connectivity index (χ0v) is 27.0. The average molecular weight is 638 g/mol. The van der Waals surface area contributed by atoms with Crippen LogP contribution in [0.25, 0.3) is 72.7 Å². The summed E-state index contributed by atoms with van der Waals surface area (Å²) in [6, 6.07) is 48.0. The Kier molecular flexibility index (Phi) is 7.66. The van der Waals surface area contributed by atoms with Crippen molar-refractivity contribution in [3.63, 3.8) is 0 Å². The van der Waals surface area contributed by atoms with Crippen LogP contribution in [0.15, 0.2) is 161 Å². The topological polar surface area (TPSA) is 70.2 Å². The second-order valence-corrected chi connectivity index (χ2v) is 11.9. The molecular weight excluding hydrogens is 606 g/mol. The van der Waals surface area contributed by atoms with Crippen molar-refractivity contribution in [2.24, 2.45) is 0 Å². The molecule has 5 aromatic carbocycles. The molecule has 6 nitrogen and oxygen atoms in total. The number of nitrogens with zero attached hydrogens (tertiary/aromatic N) is 3. The van der Waals surface area contributed by atoms with Crippen LogP contribution in [0.2, 0.25) is 0 Å². The molecule has 0 aliphatic rings. The standard InChI is InChI=1S/C43H31N3O3/c1-28-36-24-32(20-23-40(36)49-43(47)41(28)30-12-6-3-7-13-30)39-26-33(25-38(44-39)29-18-21-35(48-2)22-19-29)37-27-46(34-16-10-5-11-17-34)45-42(37)31-14-8-4-9-15-31/h3-27H,1-2H3. The molecule has 8 rings (SSSR count). The maximum atomic E-state index is 13.1. The van der Waals surface area contributed by atoms with E-state index in [1.54, 1.807) is 7.11 Å². The number of aromatic nitrogens is 3. The molecule has 3 aromatic heterocycles. The van der Waals surface area contributed by atoms with E-state index in [4.69, 9.17) is 19.2 Å². The van der Waals surface area contributed by atoms with Crippen LogP contribution in [-0.4, -0.2) is 21.9 Å². The predicted octanol–water partition coefficient (Wildman–Crippen LogP) is 10.0. The minimum absolute atomic E-state index is 0.352. The Hall–Kier alpha value is -6.53. The van der Waals surface area contributed by atoms with Crippen molar-refractivity contribution in [3.8, 4) is 67.5 Å². The van der Waals surface area contributed by atoms with Gasteiger partial charge in [-0.1, -0.05) is 78.9 Å². The summed E-state index contributed by atoms with van der Waals surface area (Å²) in [5, 5.41) is 5.95. The Labute approximate surface area is 283 Å². The van der Waals surface area contributed by atoms with Gasteiger partial charge in [0, 0.05) is 33.8 Å². The smallest absolute Gasteiger partial charge is 0.344 e. The van der Waals surface area contributed by atoms with Gasteiger partial charge in [0.15, 0.2) is 0 Å². The Bertz CT molecular complexity index is 2490. The van der Waals surface area contributed by atoms with E-state index in [0.29, 0.717) is 11.1 Å². The van der Waals surface area contributed by atoms with Gasteiger partial charge in [-0.2, -0.15) is 5.10 Å². The maximum Gasteiger partial charge on any atom is 0.344 e. The normalized spacial score (nSPS) is 11.1. The molecule has 0 aliphatic carbocycles. The second-order valence-electron chi connectivity index (χ2n) is 11.9. The van der Waals surface area contributed by atoms with Crippen LogP contribution in [0.1, 0.15) is 5.56 Å². The lowest BCUT2D eigenvalue weighted by Gasteiger charge is -2.13. The number of fused-ring (bicyclic) bond motifs is 1. The van der Waals surface area contributed by atoms with Gasteiger partial charge in [0.2, 0.25) is 0 Å². The van der Waals surface area contributed by atoms with Gasteiger partial charge < -0.3 is 9.15 Å². The van der Waals surface area contributed by atoms with E-state index in [2.05, 4.69) is 36.5 Å². The fourth-order valence-corrected chi connectivity index (χ4v) is 6.30. The molecule has 0 atom stereocenters. The van der Waals surface area contributed by atoms with Gasteiger partial charge in [-0.25, -0.2) is 14.5 Å². The number of methoxy groups -OCH3 is 1. The molecule has 0 aliphatic heterocycles. The first-order chi connectivity index (χ1) is 24.1. The molecule has 49 heavy (non-hydrogen) atoms. The molecule has 3 heterocycles. The number of aryl methyl sites for hydroxylation is 1. The van der Waals surface area contributed by atoms with Crippen molar-refractivity contribution in [2.75, 3.05) is 7.11 Å². The number of hydrogen-bond donors (Lipinski definition) is 0. The Balaban J connectivity index is 1.35. The highest BCUT2D eigenvalue weighted by Crippen LogP contribution is 2.37. The first kappa shape index (κ1) is 29.8. The number of benzene rings is 5. The predicted molar refractivity (Wildman–Crippen MR) is 196 cm³/mol. The van der Waals surface area contributed by atoms with Gasteiger partial charge in [0.1, 0.15) is 17.0 Å². The lowest BCUT2D eigenvalue weighted by molar-refractivity contribution is 0.415. The highest BCUT2D eigenvalue weighted by atomic mass is 16.5. The summed E-state index contributed by atoms with van der Waals surface area (Å²) >= 11 is 0. The van der Waals surface area contributed by atoms with Crippen LogP contribution in [0.4, 0.5) is 0 Å². The molecule has 0 N–H and O–H groups in total. The van der Waals surface area contributed by atoms with Crippen LogP contribution < -0.4 is 10.4 Å². The van der Waals surface area contributed by atoms with Crippen LogP contribution in [-0.2, 0) is 0 Å². The highest BCUT2D eigenvalue weighted by Gasteiger charge is 2.19. The van der Waals surface area contributed by atoms with Crippen LogP contribution in [0, 0.1) is 6.92 Å². The summed E-state index contributed by atoms with van der Waals surface area (Å²) in [5.74, 6) is 0.774. The number of ether oxygens (including phenoxy) is 1. The number of pyridine rings is 1. The Morgan fingerprint density at radius 2 is 1.24 bits per heavy atom. The van der Waals surface area contributed by atoms with Crippen molar-refractivity contribution in [1.82, 2.24) is 14.8 Å². The van der Waals surface area contributed by atoms with E-state index in [1.165, 1.54) is 0 Å². The minimum atomic E-state index is -0.352. The molecule has 0 amide bonds. The molecule has 0 saturated carbocycles. The first-order valence-electron chi connectivity index (χ1n) is 16.1. The SMILES string of the molecule is COc1ccc(-c2cc(-c3cn(-c4ccccc4)nc3-c3ccccc3)cc(-c3ccc4oc(=O)c(-c5ccccc5)c(C)c4c3)n2)cc1. The van der Waals surface area contributed by atoms with Gasteiger partial charge in [-0.15, -0.1) is 0 Å². The summed E-state index contributed by atoms with van der Waals surface area (Å²) in [6.07, 6.45) is 2.08. The minimum Gasteiger partial charge on any atom is -0.497 e. The summed E-state index contributed by atoms with van der Waals surface area (Å²) in [7, 11) is 1.66. The molecule has 0 fully saturated rings. The Morgan fingerprint density at radius 3 is 1.92 bits per heavy atom. The summed E-state index contributed by atoms with van der Waals surface area (Å²) in [5.41, 5.74) is 10.7. The fraction of sp³-hybridized carbons (Fsp3) is 0.0465. The molecule has 0 bridgehead atoms. The molecule has 0 unspecified atom stereocenters. The fourth-order valence-electron chi connectivity index (χ4n) is 6.30. The lowest BCUT2D eigenvalue weighted by atomic mass is 9.96. The number of rotatable bonds is 7. The van der Waals surface area contributed by atoms with Crippen molar-refractivity contribution in [3.05, 3.63) is 168 Å². The highest BCUT2D eigenvalue weighted by molar-refractivity contribution is 5.91. The summed E-state index contributed by atoms with van der Waals surface area (Å²) in [4.78, 5) is 18.3. The van der Waals surface area contributed by atoms with E-state index in [0.717, 1.165) is 72.8 Å². The van der Waals surface area contributed by atoms with E-state index >= 15 is 0 Å². The van der Waals surface area contributed by atoms with Gasteiger partial charge in [-0.05, 0) is 90.3 Å². The van der Waals surface area contributed by atoms with Crippen LogP contribution in [0.5, 0.6) is 5.75 Å². The zero-order valence-electron chi connectivity index (χ0n) is 27.0. The molecule has 0 saturated heterocycles. The quantitative estimate of drug-likeness (QED) is 0.163. The third-order valence-electron chi connectivity index (χ3n) is 8.83. The van der Waals surface area contributed by atoms with Gasteiger partial charge in [0.25, 0.3) is 0 Å². The first-order valence-corrected chi connectivity index (χ1v) is 16.1. The molecule has 0 radical (unpaired) electrons. The molecule has 0 spiro atoms. The monoisotopic (exact) mass is 637 g/mol. The average Bonchev–Trinajstić information content (AvgIpc) is 3.62. The van der Waals surface area contributed by atoms with Crippen molar-refractivity contribution >= 4 is 11.0 Å². The van der Waals surface area contributed by atoms with Crippen molar-refractivity contribution < 1.29 is 9.15 Å². The molecule has 6 heteroatoms.